The molecule has 0 bridgehead atoms. The fourth-order valence-corrected chi connectivity index (χ4v) is 2.49. The van der Waals surface area contributed by atoms with Crippen molar-refractivity contribution >= 4 is 7.37 Å². The van der Waals surface area contributed by atoms with Crippen LogP contribution in [0.25, 0.3) is 0 Å². The minimum Gasteiger partial charge on any atom is -0.330 e. The van der Waals surface area contributed by atoms with E-state index in [0.29, 0.717) is 19.4 Å². The highest BCUT2D eigenvalue weighted by atomic mass is 31.2. The minimum atomic E-state index is -2.80. The fraction of sp³-hybridized carbons (Fsp3) is 0.900. The van der Waals surface area contributed by atoms with Gasteiger partial charge in [0.25, 0.3) is 6.48 Å². The van der Waals surface area contributed by atoms with Crippen molar-refractivity contribution in [3.8, 4) is 6.07 Å². The van der Waals surface area contributed by atoms with Gasteiger partial charge in [-0.3, -0.25) is 9.09 Å². The summed E-state index contributed by atoms with van der Waals surface area (Å²) < 4.78 is 27.8. The van der Waals surface area contributed by atoms with E-state index in [9.17, 15) is 4.57 Å². The molecule has 0 heterocycles. The molecule has 0 N–H and O–H groups in total. The highest BCUT2D eigenvalue weighted by molar-refractivity contribution is 7.58. The van der Waals surface area contributed by atoms with E-state index in [2.05, 4.69) is 0 Å². The number of hydrogen-bond donors (Lipinski definition) is 0. The lowest BCUT2D eigenvalue weighted by atomic mass is 10.6. The van der Waals surface area contributed by atoms with Gasteiger partial charge in [0.2, 0.25) is 7.37 Å². The van der Waals surface area contributed by atoms with E-state index >= 15 is 0 Å². The molecule has 0 aliphatic rings. The Kier molecular flexibility index (Phi) is 8.50. The first-order valence-corrected chi connectivity index (χ1v) is 7.48. The molecule has 0 spiro atoms. The molecule has 0 aromatic carbocycles. The van der Waals surface area contributed by atoms with E-state index in [1.54, 1.807) is 6.92 Å². The molecule has 0 rings (SSSR count). The number of rotatable bonds is 9. The first kappa shape index (κ1) is 15.6. The van der Waals surface area contributed by atoms with Crippen LogP contribution < -0.4 is 0 Å². The van der Waals surface area contributed by atoms with Crippen molar-refractivity contribution < 1.29 is 18.6 Å². The molecule has 0 amide bonds. The summed E-state index contributed by atoms with van der Waals surface area (Å²) in [5, 5.41) is 8.48. The van der Waals surface area contributed by atoms with Gasteiger partial charge < -0.3 is 9.47 Å². The van der Waals surface area contributed by atoms with Gasteiger partial charge >= 0.3 is 0 Å². The Balaban J connectivity index is 4.34. The summed E-state index contributed by atoms with van der Waals surface area (Å²) in [6.45, 7) is 5.34. The largest absolute Gasteiger partial charge is 0.330 e. The predicted octanol–water partition coefficient (Wildman–Crippen LogP) is 2.57. The number of hydrogen-bond acceptors (Lipinski definition) is 5. The number of ether oxygens (including phenoxy) is 2. The van der Waals surface area contributed by atoms with Crippen LogP contribution >= 0.6 is 7.37 Å². The van der Waals surface area contributed by atoms with E-state index in [0.717, 1.165) is 0 Å². The van der Waals surface area contributed by atoms with Gasteiger partial charge in [0, 0.05) is 32.0 Å². The third-order valence-corrected chi connectivity index (χ3v) is 4.35. The maximum atomic E-state index is 12.2. The second-order valence-electron chi connectivity index (χ2n) is 3.07. The van der Waals surface area contributed by atoms with Gasteiger partial charge in [-0.1, -0.05) is 6.92 Å². The number of nitrogens with zero attached hydrogens (tertiary/aromatic N) is 1. The van der Waals surface area contributed by atoms with E-state index in [4.69, 9.17) is 19.3 Å². The topological polar surface area (TPSA) is 68.6 Å². The molecule has 0 radical (unpaired) electrons. The highest BCUT2D eigenvalue weighted by Gasteiger charge is 2.25. The molecule has 0 saturated carbocycles. The molecule has 0 aromatic heterocycles. The van der Waals surface area contributed by atoms with Crippen molar-refractivity contribution in [2.24, 2.45) is 0 Å². The van der Waals surface area contributed by atoms with Crippen molar-refractivity contribution in [2.45, 2.75) is 33.7 Å². The molecule has 0 fully saturated rings. The van der Waals surface area contributed by atoms with Crippen LogP contribution in [0, 0.1) is 11.3 Å². The maximum Gasteiger partial charge on any atom is 0.277 e. The molecule has 16 heavy (non-hydrogen) atoms. The van der Waals surface area contributed by atoms with Crippen molar-refractivity contribution in [1.29, 1.82) is 5.26 Å². The average molecular weight is 249 g/mol. The maximum absolute atomic E-state index is 12.2. The third kappa shape index (κ3) is 6.24. The first-order valence-electron chi connectivity index (χ1n) is 5.48. The van der Waals surface area contributed by atoms with Gasteiger partial charge in [0.1, 0.15) is 0 Å². The van der Waals surface area contributed by atoms with E-state index in [1.807, 2.05) is 19.9 Å². The van der Waals surface area contributed by atoms with Gasteiger partial charge in [-0.2, -0.15) is 5.26 Å². The Bertz CT molecular complexity index is 258. The van der Waals surface area contributed by atoms with Crippen molar-refractivity contribution in [3.63, 3.8) is 0 Å². The quantitative estimate of drug-likeness (QED) is 0.464. The molecule has 0 saturated heterocycles. The lowest BCUT2D eigenvalue weighted by molar-refractivity contribution is -0.242. The summed E-state index contributed by atoms with van der Waals surface area (Å²) >= 11 is 0. The highest BCUT2D eigenvalue weighted by Crippen LogP contribution is 2.48. The summed E-state index contributed by atoms with van der Waals surface area (Å²) in [7, 11) is -2.80. The van der Waals surface area contributed by atoms with Crippen LogP contribution in [0.4, 0.5) is 0 Å². The Hall–Kier alpha value is -0.400. The summed E-state index contributed by atoms with van der Waals surface area (Å²) in [5.41, 5.74) is 0. The second kappa shape index (κ2) is 8.72. The van der Waals surface area contributed by atoms with E-state index in [-0.39, 0.29) is 12.6 Å². The molecule has 0 aliphatic carbocycles. The zero-order valence-corrected chi connectivity index (χ0v) is 11.0. The molecule has 1 atom stereocenters. The summed E-state index contributed by atoms with van der Waals surface area (Å²) in [5.74, 6) is 0. The van der Waals surface area contributed by atoms with Crippen LogP contribution in [0.5, 0.6) is 0 Å². The van der Waals surface area contributed by atoms with Gasteiger partial charge in [0.15, 0.2) is 0 Å². The zero-order valence-electron chi connectivity index (χ0n) is 10.1. The fourth-order valence-electron chi connectivity index (χ4n) is 1.04. The van der Waals surface area contributed by atoms with Gasteiger partial charge in [-0.15, -0.1) is 0 Å². The lowest BCUT2D eigenvalue weighted by Gasteiger charge is -2.22. The number of nitriles is 1. The smallest absolute Gasteiger partial charge is 0.277 e. The Morgan fingerprint density at radius 3 is 2.19 bits per heavy atom. The SMILES string of the molecule is CCOC(OCC)OP(=O)(CC)CCC#N. The molecule has 5 nitrogen and oxygen atoms in total. The summed E-state index contributed by atoms with van der Waals surface area (Å²) in [6, 6.07) is 1.96. The Morgan fingerprint density at radius 1 is 1.25 bits per heavy atom. The van der Waals surface area contributed by atoms with Crippen molar-refractivity contribution in [2.75, 3.05) is 25.5 Å². The van der Waals surface area contributed by atoms with Crippen LogP contribution in [0.3, 0.4) is 0 Å². The van der Waals surface area contributed by atoms with Gasteiger partial charge in [-0.05, 0) is 13.8 Å². The van der Waals surface area contributed by atoms with Crippen molar-refractivity contribution in [3.05, 3.63) is 0 Å². The Labute approximate surface area is 97.1 Å². The molecule has 0 aromatic rings. The molecule has 6 heteroatoms. The first-order chi connectivity index (χ1) is 7.61. The van der Waals surface area contributed by atoms with Gasteiger partial charge in [-0.25, -0.2) is 0 Å². The molecular formula is C10H20NO4P. The molecule has 94 valence electrons. The van der Waals surface area contributed by atoms with Crippen LogP contribution in [0.2, 0.25) is 0 Å². The van der Waals surface area contributed by atoms with Crippen LogP contribution in [0.1, 0.15) is 27.2 Å². The zero-order chi connectivity index (χ0) is 12.4. The third-order valence-electron chi connectivity index (χ3n) is 1.93. The minimum absolute atomic E-state index is 0.218. The van der Waals surface area contributed by atoms with E-state index < -0.39 is 13.8 Å². The van der Waals surface area contributed by atoms with Crippen LogP contribution in [-0.2, 0) is 18.6 Å². The molecule has 0 aliphatic heterocycles. The van der Waals surface area contributed by atoms with Crippen molar-refractivity contribution in [1.82, 2.24) is 0 Å². The Morgan fingerprint density at radius 2 is 1.81 bits per heavy atom. The van der Waals surface area contributed by atoms with Crippen LogP contribution in [0.15, 0.2) is 0 Å². The molecule has 1 unspecified atom stereocenters. The summed E-state index contributed by atoms with van der Waals surface area (Å²) in [4.78, 5) is 0. The standard InChI is InChI=1S/C10H20NO4P/c1-4-13-10(14-5-2)15-16(12,6-3)9-7-8-11/h10H,4-7,9H2,1-3H3. The van der Waals surface area contributed by atoms with Crippen LogP contribution in [-0.4, -0.2) is 32.0 Å². The predicted molar refractivity (Wildman–Crippen MR) is 61.4 cm³/mol. The lowest BCUT2D eigenvalue weighted by Crippen LogP contribution is -2.21. The van der Waals surface area contributed by atoms with E-state index in [1.165, 1.54) is 0 Å². The average Bonchev–Trinajstić information content (AvgIpc) is 2.27. The normalized spacial score (nSPS) is 14.7. The molecular weight excluding hydrogens is 229 g/mol. The second-order valence-corrected chi connectivity index (χ2v) is 5.99. The summed E-state index contributed by atoms with van der Waals surface area (Å²) in [6.07, 6.45) is 0.845. The monoisotopic (exact) mass is 249 g/mol. The van der Waals surface area contributed by atoms with Gasteiger partial charge in [0.05, 0.1) is 6.07 Å².